The van der Waals surface area contributed by atoms with E-state index in [0.29, 0.717) is 6.04 Å². The normalized spacial score (nSPS) is 18.4. The zero-order chi connectivity index (χ0) is 13.8. The molecule has 2 rings (SSSR count). The minimum absolute atomic E-state index is 0.0144. The van der Waals surface area contributed by atoms with E-state index in [4.69, 9.17) is 0 Å². The molecule has 0 bridgehead atoms. The summed E-state index contributed by atoms with van der Waals surface area (Å²) < 4.78 is 29.4. The molecule has 2 unspecified atom stereocenters. The molecule has 1 aliphatic rings. The molecule has 0 amide bonds. The predicted octanol–water partition coefficient (Wildman–Crippen LogP) is 4.13. The molecule has 1 N–H and O–H groups in total. The number of para-hydroxylation sites is 1. The number of ether oxygens (including phenoxy) is 1. The van der Waals surface area contributed by atoms with Crippen LogP contribution in [-0.4, -0.2) is 12.7 Å². The molecule has 0 saturated heterocycles. The minimum Gasteiger partial charge on any atom is -0.434 e. The summed E-state index contributed by atoms with van der Waals surface area (Å²) in [6.45, 7) is 1.38. The van der Waals surface area contributed by atoms with E-state index in [1.165, 1.54) is 12.8 Å². The lowest BCUT2D eigenvalue weighted by Crippen LogP contribution is -2.33. The Labute approximate surface area is 113 Å². The monoisotopic (exact) mass is 269 g/mol. The first-order chi connectivity index (χ1) is 9.11. The highest BCUT2D eigenvalue weighted by atomic mass is 19.3. The number of hydrogen-bond acceptors (Lipinski definition) is 2. The van der Waals surface area contributed by atoms with Crippen molar-refractivity contribution in [1.29, 1.82) is 0 Å². The lowest BCUT2D eigenvalue weighted by Gasteiger charge is -2.24. The van der Waals surface area contributed by atoms with Gasteiger partial charge in [0.15, 0.2) is 0 Å². The van der Waals surface area contributed by atoms with Gasteiger partial charge in [0.2, 0.25) is 0 Å². The molecule has 106 valence electrons. The molecular weight excluding hydrogens is 248 g/mol. The second-order valence-corrected chi connectivity index (χ2v) is 5.16. The summed E-state index contributed by atoms with van der Waals surface area (Å²) in [7, 11) is 0. The fourth-order valence-electron chi connectivity index (χ4n) is 2.54. The molecule has 1 fully saturated rings. The van der Waals surface area contributed by atoms with Crippen LogP contribution in [0.25, 0.3) is 0 Å². The van der Waals surface area contributed by atoms with E-state index >= 15 is 0 Å². The van der Waals surface area contributed by atoms with Gasteiger partial charge in [-0.15, -0.1) is 0 Å². The van der Waals surface area contributed by atoms with E-state index < -0.39 is 6.61 Å². The third-order valence-electron chi connectivity index (χ3n) is 3.70. The molecule has 0 heterocycles. The van der Waals surface area contributed by atoms with Crippen LogP contribution in [-0.2, 0) is 0 Å². The van der Waals surface area contributed by atoms with Crippen LogP contribution in [0, 0.1) is 5.92 Å². The molecule has 1 aromatic carbocycles. The van der Waals surface area contributed by atoms with Gasteiger partial charge in [-0.1, -0.05) is 25.1 Å². The minimum atomic E-state index is -2.78. The fourth-order valence-corrected chi connectivity index (χ4v) is 2.54. The number of halogens is 2. The molecule has 19 heavy (non-hydrogen) atoms. The van der Waals surface area contributed by atoms with Crippen molar-refractivity contribution in [3.8, 4) is 5.75 Å². The van der Waals surface area contributed by atoms with Crippen LogP contribution in [0.5, 0.6) is 5.75 Å². The van der Waals surface area contributed by atoms with E-state index in [2.05, 4.69) is 17.0 Å². The molecule has 2 nitrogen and oxygen atoms in total. The number of benzene rings is 1. The Kier molecular flexibility index (Phi) is 4.75. The van der Waals surface area contributed by atoms with Crippen molar-refractivity contribution < 1.29 is 13.5 Å². The Balaban J connectivity index is 2.06. The Bertz CT molecular complexity index is 407. The van der Waals surface area contributed by atoms with E-state index in [9.17, 15) is 8.78 Å². The maximum Gasteiger partial charge on any atom is 0.387 e. The smallest absolute Gasteiger partial charge is 0.387 e. The zero-order valence-electron chi connectivity index (χ0n) is 11.4. The first-order valence-corrected chi connectivity index (χ1v) is 6.91. The fraction of sp³-hybridized carbons (Fsp3) is 0.600. The van der Waals surface area contributed by atoms with Crippen molar-refractivity contribution in [2.45, 2.75) is 51.8 Å². The Morgan fingerprint density at radius 3 is 2.58 bits per heavy atom. The average Bonchev–Trinajstić information content (AvgIpc) is 3.20. The van der Waals surface area contributed by atoms with Gasteiger partial charge in [-0.3, -0.25) is 0 Å². The van der Waals surface area contributed by atoms with E-state index in [1.807, 2.05) is 19.1 Å². The van der Waals surface area contributed by atoms with Gasteiger partial charge in [-0.2, -0.15) is 8.78 Å². The molecule has 4 heteroatoms. The third kappa shape index (κ3) is 3.90. The maximum absolute atomic E-state index is 12.4. The van der Waals surface area contributed by atoms with Crippen LogP contribution >= 0.6 is 0 Å². The van der Waals surface area contributed by atoms with Crippen LogP contribution < -0.4 is 10.1 Å². The summed E-state index contributed by atoms with van der Waals surface area (Å²) in [6.07, 6.45) is 3.60. The van der Waals surface area contributed by atoms with Crippen molar-refractivity contribution in [2.24, 2.45) is 5.92 Å². The lowest BCUT2D eigenvalue weighted by atomic mass is 10.0. The van der Waals surface area contributed by atoms with Crippen molar-refractivity contribution in [3.05, 3.63) is 29.8 Å². The van der Waals surface area contributed by atoms with Crippen molar-refractivity contribution in [2.75, 3.05) is 0 Å². The molecule has 2 atom stereocenters. The molecular formula is C15H21F2NO. The lowest BCUT2D eigenvalue weighted by molar-refractivity contribution is -0.0507. The molecule has 0 spiro atoms. The second kappa shape index (κ2) is 6.33. The second-order valence-electron chi connectivity index (χ2n) is 5.16. The van der Waals surface area contributed by atoms with Crippen molar-refractivity contribution >= 4 is 0 Å². The molecule has 0 radical (unpaired) electrons. The molecule has 1 aromatic rings. The largest absolute Gasteiger partial charge is 0.434 e. The van der Waals surface area contributed by atoms with Gasteiger partial charge in [-0.05, 0) is 38.2 Å². The third-order valence-corrected chi connectivity index (χ3v) is 3.70. The van der Waals surface area contributed by atoms with Gasteiger partial charge >= 0.3 is 6.61 Å². The van der Waals surface area contributed by atoms with E-state index in [1.54, 1.807) is 12.1 Å². The van der Waals surface area contributed by atoms with Gasteiger partial charge < -0.3 is 10.1 Å². The topological polar surface area (TPSA) is 21.3 Å². The first kappa shape index (κ1) is 14.3. The molecule has 1 saturated carbocycles. The van der Waals surface area contributed by atoms with Crippen LogP contribution in [0.3, 0.4) is 0 Å². The quantitative estimate of drug-likeness (QED) is 0.803. The number of alkyl halides is 2. The Morgan fingerprint density at radius 1 is 1.32 bits per heavy atom. The highest BCUT2D eigenvalue weighted by Gasteiger charge is 2.31. The number of nitrogens with one attached hydrogen (secondary N) is 1. The van der Waals surface area contributed by atoms with Gasteiger partial charge in [0, 0.05) is 17.6 Å². The van der Waals surface area contributed by atoms with E-state index in [-0.39, 0.29) is 11.8 Å². The summed E-state index contributed by atoms with van der Waals surface area (Å²) in [5, 5.41) is 3.53. The average molecular weight is 269 g/mol. The number of hydrogen-bond donors (Lipinski definition) is 1. The Hall–Kier alpha value is -1.16. The zero-order valence-corrected chi connectivity index (χ0v) is 11.4. The Morgan fingerprint density at radius 2 is 2.00 bits per heavy atom. The summed E-state index contributed by atoms with van der Waals surface area (Å²) in [6, 6.07) is 7.48. The van der Waals surface area contributed by atoms with Crippen molar-refractivity contribution in [1.82, 2.24) is 5.32 Å². The SMILES string of the molecule is CCC(NC(C)c1ccccc1OC(F)F)C1CC1. The van der Waals surface area contributed by atoms with Gasteiger partial charge in [0.25, 0.3) is 0 Å². The van der Waals surface area contributed by atoms with Crippen LogP contribution in [0.2, 0.25) is 0 Å². The summed E-state index contributed by atoms with van der Waals surface area (Å²) in [5.74, 6) is 1.01. The molecule has 0 aliphatic heterocycles. The molecule has 1 aliphatic carbocycles. The van der Waals surface area contributed by atoms with Gasteiger partial charge in [0.05, 0.1) is 0 Å². The van der Waals surface area contributed by atoms with Gasteiger partial charge in [0.1, 0.15) is 5.75 Å². The maximum atomic E-state index is 12.4. The van der Waals surface area contributed by atoms with Gasteiger partial charge in [-0.25, -0.2) is 0 Å². The summed E-state index contributed by atoms with van der Waals surface area (Å²) in [5.41, 5.74) is 0.793. The van der Waals surface area contributed by atoms with Crippen LogP contribution in [0.1, 0.15) is 44.7 Å². The number of rotatable bonds is 7. The summed E-state index contributed by atoms with van der Waals surface area (Å²) in [4.78, 5) is 0. The summed E-state index contributed by atoms with van der Waals surface area (Å²) >= 11 is 0. The first-order valence-electron chi connectivity index (χ1n) is 6.91. The van der Waals surface area contributed by atoms with Crippen molar-refractivity contribution in [3.63, 3.8) is 0 Å². The standard InChI is InChI=1S/C15H21F2NO/c1-3-13(11-8-9-11)18-10(2)12-6-4-5-7-14(12)19-15(16)17/h4-7,10-11,13,15,18H,3,8-9H2,1-2H3. The predicted molar refractivity (Wildman–Crippen MR) is 71.4 cm³/mol. The van der Waals surface area contributed by atoms with Crippen LogP contribution in [0.15, 0.2) is 24.3 Å². The van der Waals surface area contributed by atoms with E-state index in [0.717, 1.165) is 17.9 Å². The molecule has 0 aromatic heterocycles. The highest BCUT2D eigenvalue weighted by Crippen LogP contribution is 2.36. The van der Waals surface area contributed by atoms with Crippen LogP contribution in [0.4, 0.5) is 8.78 Å². The highest BCUT2D eigenvalue weighted by molar-refractivity contribution is 5.35.